The van der Waals surface area contributed by atoms with Crippen LogP contribution >= 0.6 is 0 Å². The minimum Gasteiger partial charge on any atom is -0.427 e. The maximum atomic E-state index is 12.6. The summed E-state index contributed by atoms with van der Waals surface area (Å²) in [4.78, 5) is 61.3. The molecule has 0 radical (unpaired) electrons. The van der Waals surface area contributed by atoms with Gasteiger partial charge in [0.25, 0.3) is 0 Å². The number of rotatable bonds is 10. The third-order valence-corrected chi connectivity index (χ3v) is 5.90. The first-order valence-electron chi connectivity index (χ1n) is 12.5. The Morgan fingerprint density at radius 3 is 2.27 bits per heavy atom. The van der Waals surface area contributed by atoms with E-state index in [1.807, 2.05) is 6.92 Å². The predicted octanol–water partition coefficient (Wildman–Crippen LogP) is 2.32. The molecular formula is C25H35N5O10. The average Bonchev–Trinajstić information content (AvgIpc) is 3.30. The van der Waals surface area contributed by atoms with Crippen molar-refractivity contribution in [1.82, 2.24) is 19.5 Å². The third-order valence-electron chi connectivity index (χ3n) is 5.90. The Kier molecular flexibility index (Phi) is 8.87. The van der Waals surface area contributed by atoms with Gasteiger partial charge in [0, 0.05) is 0 Å². The molecule has 15 heteroatoms. The SMILES string of the molecule is CC1CC1(Cn1cnc2cnc(N)nc21)OCC(=O)OC(OC(=O)OCOC(=O)C(C)(C)C)OC(=O)C(C)(C)C. The number of hydrogen-bond donors (Lipinski definition) is 1. The molecule has 0 aliphatic heterocycles. The Morgan fingerprint density at radius 1 is 1.02 bits per heavy atom. The molecule has 3 rings (SSSR count). The van der Waals surface area contributed by atoms with Gasteiger partial charge >= 0.3 is 30.5 Å². The maximum Gasteiger partial charge on any atom is 0.516 e. The van der Waals surface area contributed by atoms with Crippen LogP contribution in [-0.4, -0.2) is 69.1 Å². The first-order chi connectivity index (χ1) is 18.5. The lowest BCUT2D eigenvalue weighted by atomic mass is 9.97. The van der Waals surface area contributed by atoms with Crippen LogP contribution in [0.1, 0.15) is 54.9 Å². The first kappa shape index (κ1) is 30.5. The highest BCUT2D eigenvalue weighted by molar-refractivity contribution is 5.76. The van der Waals surface area contributed by atoms with Crippen molar-refractivity contribution in [1.29, 1.82) is 0 Å². The minimum atomic E-state index is -2.07. The van der Waals surface area contributed by atoms with Crippen LogP contribution in [-0.2, 0) is 49.3 Å². The van der Waals surface area contributed by atoms with Gasteiger partial charge in [-0.15, -0.1) is 0 Å². The number of aromatic nitrogens is 4. The van der Waals surface area contributed by atoms with E-state index >= 15 is 0 Å². The van der Waals surface area contributed by atoms with Crippen molar-refractivity contribution in [3.63, 3.8) is 0 Å². The minimum absolute atomic E-state index is 0.0912. The number of imidazole rings is 1. The van der Waals surface area contributed by atoms with E-state index in [1.54, 1.807) is 52.4 Å². The van der Waals surface area contributed by atoms with Gasteiger partial charge in [0.15, 0.2) is 5.65 Å². The number of esters is 3. The van der Waals surface area contributed by atoms with Crippen LogP contribution < -0.4 is 5.73 Å². The summed E-state index contributed by atoms with van der Waals surface area (Å²) in [6.07, 6.45) is 2.32. The molecule has 3 unspecified atom stereocenters. The number of hydrogen-bond acceptors (Lipinski definition) is 14. The summed E-state index contributed by atoms with van der Waals surface area (Å²) in [5, 5.41) is 0. The lowest BCUT2D eigenvalue weighted by molar-refractivity contribution is -0.258. The quantitative estimate of drug-likeness (QED) is 0.326. The van der Waals surface area contributed by atoms with Crippen LogP contribution in [0.4, 0.5) is 10.7 Å². The molecule has 40 heavy (non-hydrogen) atoms. The standard InChI is InChI=1S/C25H35N5O10/c1-14-8-25(14,11-30-12-28-15-9-27-20(26)29-17(15)30)37-10-16(31)38-22(39-19(33)24(5,6)7)40-21(34)36-13-35-18(32)23(2,3)4/h9,12,14,22H,8,10-11,13H2,1-7H3,(H2,26,27,29). The van der Waals surface area contributed by atoms with Crippen LogP contribution in [0, 0.1) is 16.7 Å². The predicted molar refractivity (Wildman–Crippen MR) is 136 cm³/mol. The summed E-state index contributed by atoms with van der Waals surface area (Å²) in [5.74, 6) is -2.23. The van der Waals surface area contributed by atoms with Crippen molar-refractivity contribution in [3.05, 3.63) is 12.5 Å². The summed E-state index contributed by atoms with van der Waals surface area (Å²) in [5.41, 5.74) is 4.22. The molecule has 1 aliphatic carbocycles. The Labute approximate surface area is 230 Å². The molecule has 1 saturated carbocycles. The largest absolute Gasteiger partial charge is 0.516 e. The smallest absolute Gasteiger partial charge is 0.427 e. The number of carbonyl (C=O) groups is 4. The van der Waals surface area contributed by atoms with Gasteiger partial charge in [-0.3, -0.25) is 9.59 Å². The van der Waals surface area contributed by atoms with Crippen molar-refractivity contribution < 1.29 is 47.6 Å². The van der Waals surface area contributed by atoms with Crippen molar-refractivity contribution in [2.45, 2.75) is 73.5 Å². The van der Waals surface area contributed by atoms with Crippen molar-refractivity contribution in [3.8, 4) is 0 Å². The molecule has 2 aromatic heterocycles. The van der Waals surface area contributed by atoms with Crippen LogP contribution in [0.15, 0.2) is 12.5 Å². The lowest BCUT2D eigenvalue weighted by Crippen LogP contribution is -2.36. The zero-order chi connectivity index (χ0) is 29.9. The molecule has 3 atom stereocenters. The summed E-state index contributed by atoms with van der Waals surface area (Å²) < 4.78 is 32.1. The van der Waals surface area contributed by atoms with Crippen LogP contribution in [0.2, 0.25) is 0 Å². The number of fused-ring (bicyclic) bond motifs is 1. The molecule has 0 saturated heterocycles. The summed E-state index contributed by atoms with van der Waals surface area (Å²) in [6.45, 7) is 8.42. The second-order valence-corrected chi connectivity index (χ2v) is 11.5. The number of carbonyl (C=O) groups excluding carboxylic acids is 4. The van der Waals surface area contributed by atoms with E-state index in [1.165, 1.54) is 6.20 Å². The van der Waals surface area contributed by atoms with E-state index in [-0.39, 0.29) is 11.9 Å². The summed E-state index contributed by atoms with van der Waals surface area (Å²) >= 11 is 0. The van der Waals surface area contributed by atoms with Gasteiger partial charge < -0.3 is 38.7 Å². The molecule has 15 nitrogen and oxygen atoms in total. The van der Waals surface area contributed by atoms with Gasteiger partial charge in [0.05, 0.1) is 35.5 Å². The van der Waals surface area contributed by atoms with Crippen molar-refractivity contribution in [2.75, 3.05) is 19.1 Å². The number of nitrogens with two attached hydrogens (primary N) is 1. The average molecular weight is 566 g/mol. The summed E-state index contributed by atoms with van der Waals surface area (Å²) in [7, 11) is 0. The number of anilines is 1. The highest BCUT2D eigenvalue weighted by atomic mass is 16.9. The number of nitrogen functional groups attached to an aromatic ring is 1. The molecule has 2 N–H and O–H groups in total. The molecule has 220 valence electrons. The topological polar surface area (TPSA) is 193 Å². The highest BCUT2D eigenvalue weighted by Gasteiger charge is 2.53. The van der Waals surface area contributed by atoms with Gasteiger partial charge in [-0.2, -0.15) is 4.98 Å². The van der Waals surface area contributed by atoms with E-state index < -0.39 is 60.4 Å². The monoisotopic (exact) mass is 565 g/mol. The number of nitrogens with zero attached hydrogens (tertiary/aromatic N) is 4. The van der Waals surface area contributed by atoms with Gasteiger partial charge in [-0.05, 0) is 53.9 Å². The van der Waals surface area contributed by atoms with E-state index in [0.29, 0.717) is 24.1 Å². The molecule has 2 aromatic rings. The van der Waals surface area contributed by atoms with Gasteiger partial charge in [-0.1, -0.05) is 6.92 Å². The summed E-state index contributed by atoms with van der Waals surface area (Å²) in [6, 6.07) is 0. The maximum absolute atomic E-state index is 12.6. The fourth-order valence-electron chi connectivity index (χ4n) is 3.34. The van der Waals surface area contributed by atoms with E-state index in [9.17, 15) is 19.2 Å². The highest BCUT2D eigenvalue weighted by Crippen LogP contribution is 2.48. The first-order valence-corrected chi connectivity index (χ1v) is 12.5. The number of ether oxygens (including phenoxy) is 6. The molecular weight excluding hydrogens is 530 g/mol. The normalized spacial score (nSPS) is 19.4. The molecule has 0 amide bonds. The Hall–Kier alpha value is -4.01. The van der Waals surface area contributed by atoms with Crippen LogP contribution in [0.3, 0.4) is 0 Å². The zero-order valence-electron chi connectivity index (χ0n) is 23.6. The molecule has 1 aliphatic rings. The molecule has 0 spiro atoms. The lowest BCUT2D eigenvalue weighted by Gasteiger charge is -2.23. The van der Waals surface area contributed by atoms with E-state index in [2.05, 4.69) is 19.7 Å². The van der Waals surface area contributed by atoms with E-state index in [0.717, 1.165) is 0 Å². The van der Waals surface area contributed by atoms with Gasteiger partial charge in [0.1, 0.15) is 12.1 Å². The molecule has 2 heterocycles. The fraction of sp³-hybridized carbons (Fsp3) is 0.640. The van der Waals surface area contributed by atoms with Crippen molar-refractivity contribution in [2.24, 2.45) is 16.7 Å². The van der Waals surface area contributed by atoms with Crippen molar-refractivity contribution >= 4 is 41.2 Å². The third kappa shape index (κ3) is 8.00. The second kappa shape index (κ2) is 11.6. The molecule has 0 bridgehead atoms. The van der Waals surface area contributed by atoms with Gasteiger partial charge in [-0.25, -0.2) is 19.6 Å². The molecule has 1 fully saturated rings. The van der Waals surface area contributed by atoms with Gasteiger partial charge in [0.2, 0.25) is 12.7 Å². The Morgan fingerprint density at radius 2 is 1.68 bits per heavy atom. The Balaban J connectivity index is 1.59. The fourth-order valence-corrected chi connectivity index (χ4v) is 3.34. The van der Waals surface area contributed by atoms with Crippen LogP contribution in [0.5, 0.6) is 0 Å². The Bertz CT molecular complexity index is 1260. The second-order valence-electron chi connectivity index (χ2n) is 11.5. The van der Waals surface area contributed by atoms with Crippen LogP contribution in [0.25, 0.3) is 11.2 Å². The van der Waals surface area contributed by atoms with E-state index in [4.69, 9.17) is 29.4 Å². The zero-order valence-corrected chi connectivity index (χ0v) is 23.6. The molecule has 0 aromatic carbocycles.